The van der Waals surface area contributed by atoms with Crippen LogP contribution in [0.4, 0.5) is 0 Å². The molecule has 0 atom stereocenters. The second kappa shape index (κ2) is 6.87. The summed E-state index contributed by atoms with van der Waals surface area (Å²) in [6.07, 6.45) is 0. The molecule has 0 aliphatic carbocycles. The van der Waals surface area contributed by atoms with E-state index in [1.165, 1.54) is 10.0 Å². The zero-order valence-electron chi connectivity index (χ0n) is 12.7. The van der Waals surface area contributed by atoms with Crippen LogP contribution in [0, 0.1) is 6.92 Å². The minimum atomic E-state index is -3.80. The topological polar surface area (TPSA) is 85.3 Å². The van der Waals surface area contributed by atoms with Gasteiger partial charge in [-0.3, -0.25) is 0 Å². The van der Waals surface area contributed by atoms with E-state index in [2.05, 4.69) is 15.9 Å². The first-order valence-corrected chi connectivity index (χ1v) is 9.13. The van der Waals surface area contributed by atoms with Gasteiger partial charge in [-0.1, -0.05) is 17.7 Å². The van der Waals surface area contributed by atoms with Crippen molar-refractivity contribution in [2.24, 2.45) is 5.73 Å². The number of fused-ring (bicyclic) bond motifs is 1. The van der Waals surface area contributed by atoms with E-state index in [-0.39, 0.29) is 34.2 Å². The highest BCUT2D eigenvalue weighted by molar-refractivity contribution is 9.10. The van der Waals surface area contributed by atoms with Crippen molar-refractivity contribution in [3.05, 3.63) is 58.2 Å². The molecule has 0 bridgehead atoms. The molecular formula is C16H16Br2N2O3S. The lowest BCUT2D eigenvalue weighted by atomic mass is 10.2. The van der Waals surface area contributed by atoms with E-state index < -0.39 is 10.0 Å². The number of nitrogens with two attached hydrogens (primary N) is 1. The van der Waals surface area contributed by atoms with Gasteiger partial charge in [0.05, 0.1) is 14.9 Å². The summed E-state index contributed by atoms with van der Waals surface area (Å²) in [7, 11) is -3.80. The van der Waals surface area contributed by atoms with Crippen LogP contribution in [0.2, 0.25) is 0 Å². The first-order valence-electron chi connectivity index (χ1n) is 6.90. The number of aromatic hydroxyl groups is 1. The van der Waals surface area contributed by atoms with Gasteiger partial charge in [-0.05, 0) is 47.1 Å². The quantitative estimate of drug-likeness (QED) is 0.604. The fourth-order valence-electron chi connectivity index (χ4n) is 2.49. The van der Waals surface area contributed by atoms with Gasteiger partial charge >= 0.3 is 0 Å². The summed E-state index contributed by atoms with van der Waals surface area (Å²) in [6.45, 7) is 1.96. The Morgan fingerprint density at radius 3 is 2.38 bits per heavy atom. The van der Waals surface area contributed by atoms with Crippen molar-refractivity contribution in [2.45, 2.75) is 18.4 Å². The molecule has 3 rings (SSSR count). The molecule has 0 aliphatic rings. The van der Waals surface area contributed by atoms with Crippen molar-refractivity contribution in [1.82, 2.24) is 3.97 Å². The van der Waals surface area contributed by atoms with Crippen molar-refractivity contribution in [1.29, 1.82) is 0 Å². The van der Waals surface area contributed by atoms with Gasteiger partial charge in [0.1, 0.15) is 5.75 Å². The third kappa shape index (κ3) is 3.11. The zero-order chi connectivity index (χ0) is 16.8. The van der Waals surface area contributed by atoms with E-state index in [1.54, 1.807) is 36.4 Å². The van der Waals surface area contributed by atoms with Gasteiger partial charge in [-0.15, -0.1) is 17.0 Å². The average Bonchev–Trinajstić information content (AvgIpc) is 2.86. The van der Waals surface area contributed by atoms with Crippen LogP contribution in [-0.2, 0) is 16.6 Å². The second-order valence-corrected chi connectivity index (χ2v) is 7.93. The van der Waals surface area contributed by atoms with E-state index in [9.17, 15) is 13.5 Å². The zero-order valence-corrected chi connectivity index (χ0v) is 16.8. The second-order valence-electron chi connectivity index (χ2n) is 5.28. The number of hydrogen-bond acceptors (Lipinski definition) is 4. The molecule has 0 spiro atoms. The molecule has 0 unspecified atom stereocenters. The number of hydrogen-bond donors (Lipinski definition) is 2. The molecule has 5 nitrogen and oxygen atoms in total. The SMILES string of the molecule is Br.Cc1ccc(S(=O)(=O)n2c(CN)cc3cc(Br)c(O)cc32)cc1. The molecule has 0 radical (unpaired) electrons. The molecule has 1 aromatic heterocycles. The summed E-state index contributed by atoms with van der Waals surface area (Å²) in [5, 5.41) is 10.6. The van der Waals surface area contributed by atoms with Crippen LogP contribution < -0.4 is 5.73 Å². The number of aromatic nitrogens is 1. The number of phenols is 1. The Morgan fingerprint density at radius 1 is 1.17 bits per heavy atom. The molecule has 3 N–H and O–H groups in total. The highest BCUT2D eigenvalue weighted by atomic mass is 79.9. The number of nitrogens with zero attached hydrogens (tertiary/aromatic N) is 1. The Bertz CT molecular complexity index is 996. The summed E-state index contributed by atoms with van der Waals surface area (Å²) in [5.74, 6) is -0.0282. The summed E-state index contributed by atoms with van der Waals surface area (Å²) in [6, 6.07) is 11.4. The number of halogens is 2. The fourth-order valence-corrected chi connectivity index (χ4v) is 4.40. The van der Waals surface area contributed by atoms with E-state index in [0.29, 0.717) is 21.1 Å². The highest BCUT2D eigenvalue weighted by Gasteiger charge is 2.23. The van der Waals surface area contributed by atoms with Crippen LogP contribution in [0.1, 0.15) is 11.3 Å². The van der Waals surface area contributed by atoms with Gasteiger partial charge in [0.2, 0.25) is 0 Å². The average molecular weight is 476 g/mol. The Balaban J connectivity index is 0.00000208. The first-order chi connectivity index (χ1) is 10.8. The molecule has 2 aromatic carbocycles. The maximum atomic E-state index is 13.0. The third-order valence-corrected chi connectivity index (χ3v) is 6.08. The molecule has 8 heteroatoms. The third-order valence-electron chi connectivity index (χ3n) is 3.67. The lowest BCUT2D eigenvalue weighted by Crippen LogP contribution is -2.17. The normalized spacial score (nSPS) is 11.5. The Hall–Kier alpha value is -1.35. The van der Waals surface area contributed by atoms with Crippen molar-refractivity contribution < 1.29 is 13.5 Å². The van der Waals surface area contributed by atoms with E-state index in [4.69, 9.17) is 5.73 Å². The molecule has 0 fully saturated rings. The van der Waals surface area contributed by atoms with Crippen LogP contribution in [0.5, 0.6) is 5.75 Å². The maximum absolute atomic E-state index is 13.0. The summed E-state index contributed by atoms with van der Waals surface area (Å²) in [5.41, 5.74) is 7.56. The summed E-state index contributed by atoms with van der Waals surface area (Å²) >= 11 is 3.24. The number of rotatable bonds is 3. The highest BCUT2D eigenvalue weighted by Crippen LogP contribution is 2.33. The summed E-state index contributed by atoms with van der Waals surface area (Å²) in [4.78, 5) is 0.178. The monoisotopic (exact) mass is 474 g/mol. The number of benzene rings is 2. The molecule has 0 amide bonds. The molecule has 0 aliphatic heterocycles. The van der Waals surface area contributed by atoms with Gasteiger partial charge in [0.25, 0.3) is 10.0 Å². The smallest absolute Gasteiger partial charge is 0.268 e. The summed E-state index contributed by atoms with van der Waals surface area (Å²) < 4.78 is 27.7. The predicted molar refractivity (Wildman–Crippen MR) is 103 cm³/mol. The molecule has 24 heavy (non-hydrogen) atoms. The maximum Gasteiger partial charge on any atom is 0.268 e. The molecule has 3 aromatic rings. The van der Waals surface area contributed by atoms with E-state index >= 15 is 0 Å². The Kier molecular flexibility index (Phi) is 5.44. The van der Waals surface area contributed by atoms with Gasteiger partial charge in [0.15, 0.2) is 0 Å². The van der Waals surface area contributed by atoms with Crippen LogP contribution in [0.3, 0.4) is 0 Å². The minimum absolute atomic E-state index is 0. The van der Waals surface area contributed by atoms with E-state index in [1.807, 2.05) is 6.92 Å². The van der Waals surface area contributed by atoms with Crippen LogP contribution in [-0.4, -0.2) is 17.5 Å². The van der Waals surface area contributed by atoms with Crippen LogP contribution in [0.25, 0.3) is 10.9 Å². The molecule has 128 valence electrons. The molecule has 0 saturated carbocycles. The molecular weight excluding hydrogens is 460 g/mol. The Labute approximate surface area is 159 Å². The largest absolute Gasteiger partial charge is 0.507 e. The van der Waals surface area contributed by atoms with Gasteiger partial charge < -0.3 is 10.8 Å². The minimum Gasteiger partial charge on any atom is -0.507 e. The number of phenolic OH excluding ortho intramolecular Hbond substituents is 1. The molecule has 0 saturated heterocycles. The van der Waals surface area contributed by atoms with E-state index in [0.717, 1.165) is 5.56 Å². The first kappa shape index (κ1) is 19.0. The van der Waals surface area contributed by atoms with Crippen molar-refractivity contribution in [3.8, 4) is 5.75 Å². The molecule has 1 heterocycles. The predicted octanol–water partition coefficient (Wildman–Crippen LogP) is 3.69. The Morgan fingerprint density at radius 2 is 1.79 bits per heavy atom. The number of aryl methyl sites for hydroxylation is 1. The van der Waals surface area contributed by atoms with Gasteiger partial charge in [-0.2, -0.15) is 0 Å². The van der Waals surface area contributed by atoms with Gasteiger partial charge in [0, 0.05) is 23.7 Å². The van der Waals surface area contributed by atoms with Crippen molar-refractivity contribution in [3.63, 3.8) is 0 Å². The standard InChI is InChI=1S/C16H15BrN2O3S.BrH/c1-10-2-4-13(5-3-10)23(21,22)19-12(9-18)6-11-7-14(17)16(20)8-15(11)19;/h2-8,20H,9,18H2,1H3;1H. The lowest BCUT2D eigenvalue weighted by molar-refractivity contribution is 0.472. The van der Waals surface area contributed by atoms with Gasteiger partial charge in [-0.25, -0.2) is 12.4 Å². The van der Waals surface area contributed by atoms with Crippen LogP contribution >= 0.6 is 32.9 Å². The fraction of sp³-hybridized carbons (Fsp3) is 0.125. The van der Waals surface area contributed by atoms with Crippen LogP contribution in [0.15, 0.2) is 51.8 Å². The van der Waals surface area contributed by atoms with Crippen molar-refractivity contribution >= 4 is 53.8 Å². The lowest BCUT2D eigenvalue weighted by Gasteiger charge is -2.11. The van der Waals surface area contributed by atoms with Crippen molar-refractivity contribution in [2.75, 3.05) is 0 Å².